The quantitative estimate of drug-likeness (QED) is 0.191. The van der Waals surface area contributed by atoms with E-state index >= 15 is 0 Å². The summed E-state index contributed by atoms with van der Waals surface area (Å²) in [6.45, 7) is 11.3. The van der Waals surface area contributed by atoms with Crippen LogP contribution < -0.4 is 10.6 Å². The predicted octanol–water partition coefficient (Wildman–Crippen LogP) is 7.71. The van der Waals surface area contributed by atoms with Crippen molar-refractivity contribution in [3.8, 4) is 11.1 Å². The molecule has 0 atom stereocenters. The van der Waals surface area contributed by atoms with Gasteiger partial charge in [0.05, 0.1) is 5.69 Å². The maximum absolute atomic E-state index is 7.14. The van der Waals surface area contributed by atoms with Crippen molar-refractivity contribution in [2.75, 3.05) is 13.6 Å². The molecule has 0 aliphatic rings. The Morgan fingerprint density at radius 3 is 2.49 bits per heavy atom. The Kier molecular flexibility index (Phi) is 9.98. The zero-order valence-electron chi connectivity index (χ0n) is 22.2. The Morgan fingerprint density at radius 1 is 1.00 bits per heavy atom. The SMILES string of the molecule is C=C(NC/C(C)=C/C=C\C=N)c1c(/N=C(\C)c2ccc(/C=C\NC)c(C)c2)cccc1-c1ccccc1. The lowest BCUT2D eigenvalue weighted by Gasteiger charge is -2.18. The monoisotopic (exact) mass is 488 g/mol. The number of aliphatic imine (C=N–C) groups is 1. The molecular weight excluding hydrogens is 452 g/mol. The van der Waals surface area contributed by atoms with E-state index in [0.717, 1.165) is 44.9 Å². The van der Waals surface area contributed by atoms with E-state index in [1.54, 1.807) is 6.08 Å². The van der Waals surface area contributed by atoms with Gasteiger partial charge in [-0.2, -0.15) is 0 Å². The van der Waals surface area contributed by atoms with Gasteiger partial charge in [-0.25, -0.2) is 0 Å². The lowest BCUT2D eigenvalue weighted by atomic mass is 9.96. The fraction of sp³-hybridized carbons (Fsp3) is 0.152. The largest absolute Gasteiger partial charge is 0.394 e. The lowest BCUT2D eigenvalue weighted by molar-refractivity contribution is 0.958. The maximum atomic E-state index is 7.14. The summed E-state index contributed by atoms with van der Waals surface area (Å²) in [5.41, 5.74) is 10.4. The Bertz CT molecular complexity index is 1360. The van der Waals surface area contributed by atoms with E-state index in [9.17, 15) is 0 Å². The van der Waals surface area contributed by atoms with Gasteiger partial charge in [-0.3, -0.25) is 4.99 Å². The first-order valence-corrected chi connectivity index (χ1v) is 12.4. The van der Waals surface area contributed by atoms with E-state index in [1.165, 1.54) is 17.3 Å². The van der Waals surface area contributed by atoms with Crippen LogP contribution in [-0.4, -0.2) is 25.5 Å². The summed E-state index contributed by atoms with van der Waals surface area (Å²) < 4.78 is 0. The van der Waals surface area contributed by atoms with Crippen LogP contribution in [0.3, 0.4) is 0 Å². The predicted molar refractivity (Wildman–Crippen MR) is 162 cm³/mol. The molecule has 3 rings (SSSR count). The molecule has 0 amide bonds. The van der Waals surface area contributed by atoms with E-state index in [2.05, 4.69) is 86.5 Å². The van der Waals surface area contributed by atoms with Gasteiger partial charge in [0.1, 0.15) is 0 Å². The molecule has 0 heterocycles. The third kappa shape index (κ3) is 7.52. The van der Waals surface area contributed by atoms with Crippen LogP contribution in [0.25, 0.3) is 22.9 Å². The molecule has 0 radical (unpaired) electrons. The summed E-state index contributed by atoms with van der Waals surface area (Å²) in [6, 6.07) is 23.0. The number of nitrogens with one attached hydrogen (secondary N) is 3. The molecule has 4 heteroatoms. The van der Waals surface area contributed by atoms with Gasteiger partial charge in [0.25, 0.3) is 0 Å². The summed E-state index contributed by atoms with van der Waals surface area (Å²) in [5.74, 6) is 0. The van der Waals surface area contributed by atoms with Crippen LogP contribution in [0.1, 0.15) is 36.1 Å². The van der Waals surface area contributed by atoms with Crippen molar-refractivity contribution in [2.24, 2.45) is 4.99 Å². The van der Waals surface area contributed by atoms with Gasteiger partial charge in [0.2, 0.25) is 0 Å². The molecule has 0 fully saturated rings. The molecule has 0 bridgehead atoms. The minimum atomic E-state index is 0.646. The highest BCUT2D eigenvalue weighted by Gasteiger charge is 2.14. The fourth-order valence-corrected chi connectivity index (χ4v) is 3.98. The molecule has 4 nitrogen and oxygen atoms in total. The number of allylic oxidation sites excluding steroid dienone is 3. The Morgan fingerprint density at radius 2 is 1.78 bits per heavy atom. The molecule has 0 spiro atoms. The van der Waals surface area contributed by atoms with E-state index in [-0.39, 0.29) is 0 Å². The van der Waals surface area contributed by atoms with Crippen molar-refractivity contribution in [3.63, 3.8) is 0 Å². The second kappa shape index (κ2) is 13.6. The van der Waals surface area contributed by atoms with Gasteiger partial charge in [-0.1, -0.05) is 78.9 Å². The van der Waals surface area contributed by atoms with Crippen LogP contribution in [0.5, 0.6) is 0 Å². The molecular formula is C33H36N4. The van der Waals surface area contributed by atoms with Crippen molar-refractivity contribution >= 4 is 29.4 Å². The zero-order valence-corrected chi connectivity index (χ0v) is 22.2. The van der Waals surface area contributed by atoms with Gasteiger partial charge in [0.15, 0.2) is 0 Å². The molecule has 0 saturated heterocycles. The van der Waals surface area contributed by atoms with Crippen LogP contribution in [0.4, 0.5) is 5.69 Å². The number of benzene rings is 3. The molecule has 0 aromatic heterocycles. The van der Waals surface area contributed by atoms with Crippen molar-refractivity contribution < 1.29 is 0 Å². The van der Waals surface area contributed by atoms with Crippen molar-refractivity contribution in [1.29, 1.82) is 5.41 Å². The summed E-state index contributed by atoms with van der Waals surface area (Å²) >= 11 is 0. The maximum Gasteiger partial charge on any atom is 0.0732 e. The number of rotatable bonds is 11. The fourth-order valence-electron chi connectivity index (χ4n) is 3.98. The van der Waals surface area contributed by atoms with Crippen LogP contribution in [0.15, 0.2) is 108 Å². The van der Waals surface area contributed by atoms with Crippen LogP contribution >= 0.6 is 0 Å². The highest BCUT2D eigenvalue weighted by molar-refractivity contribution is 6.02. The number of hydrogen-bond donors (Lipinski definition) is 3. The third-order valence-electron chi connectivity index (χ3n) is 6.00. The highest BCUT2D eigenvalue weighted by atomic mass is 14.9. The van der Waals surface area contributed by atoms with E-state index in [1.807, 2.05) is 49.7 Å². The smallest absolute Gasteiger partial charge is 0.0732 e. The average Bonchev–Trinajstić information content (AvgIpc) is 2.91. The van der Waals surface area contributed by atoms with Gasteiger partial charge >= 0.3 is 0 Å². The van der Waals surface area contributed by atoms with E-state index in [0.29, 0.717) is 6.54 Å². The summed E-state index contributed by atoms with van der Waals surface area (Å²) in [4.78, 5) is 5.09. The Labute approximate surface area is 221 Å². The third-order valence-corrected chi connectivity index (χ3v) is 6.00. The first-order chi connectivity index (χ1) is 17.9. The molecule has 37 heavy (non-hydrogen) atoms. The minimum absolute atomic E-state index is 0.646. The average molecular weight is 489 g/mol. The first kappa shape index (κ1) is 27.2. The Balaban J connectivity index is 2.02. The molecule has 3 aromatic carbocycles. The first-order valence-electron chi connectivity index (χ1n) is 12.4. The minimum Gasteiger partial charge on any atom is -0.394 e. The topological polar surface area (TPSA) is 60.3 Å². The molecule has 0 aliphatic carbocycles. The zero-order chi connectivity index (χ0) is 26.6. The van der Waals surface area contributed by atoms with Crippen molar-refractivity contribution in [2.45, 2.75) is 20.8 Å². The van der Waals surface area contributed by atoms with Gasteiger partial charge in [-0.05, 0) is 79.1 Å². The summed E-state index contributed by atoms with van der Waals surface area (Å²) in [5, 5.41) is 13.7. The highest BCUT2D eigenvalue weighted by Crippen LogP contribution is 2.35. The van der Waals surface area contributed by atoms with Crippen molar-refractivity contribution in [3.05, 3.63) is 126 Å². The van der Waals surface area contributed by atoms with Crippen molar-refractivity contribution in [1.82, 2.24) is 10.6 Å². The summed E-state index contributed by atoms with van der Waals surface area (Å²) in [6.07, 6.45) is 10.8. The second-order valence-electron chi connectivity index (χ2n) is 8.85. The molecule has 0 unspecified atom stereocenters. The van der Waals surface area contributed by atoms with Crippen LogP contribution in [0.2, 0.25) is 0 Å². The number of aryl methyl sites for hydroxylation is 1. The summed E-state index contributed by atoms with van der Waals surface area (Å²) in [7, 11) is 1.90. The normalized spacial score (nSPS) is 12.2. The lowest BCUT2D eigenvalue weighted by Crippen LogP contribution is -2.14. The van der Waals surface area contributed by atoms with Gasteiger partial charge in [0, 0.05) is 36.8 Å². The molecule has 0 aliphatic heterocycles. The Hall–Kier alpha value is -4.44. The van der Waals surface area contributed by atoms with E-state index in [4.69, 9.17) is 10.4 Å². The number of hydrogen-bond acceptors (Lipinski definition) is 4. The molecule has 188 valence electrons. The van der Waals surface area contributed by atoms with Gasteiger partial charge in [-0.15, -0.1) is 0 Å². The molecule has 0 saturated carbocycles. The van der Waals surface area contributed by atoms with Crippen LogP contribution in [-0.2, 0) is 0 Å². The molecule has 3 aromatic rings. The van der Waals surface area contributed by atoms with E-state index < -0.39 is 0 Å². The standard InChI is InChI=1S/C33H36N4/c1-24(12-9-10-20-34)23-36-27(4)33-31(29-13-7-6-8-14-29)15-11-16-32(33)37-26(3)30-18-17-28(19-21-35-5)25(2)22-30/h6-22,34-36H,4,23H2,1-3,5H3/b10-9-,21-19-,24-12+,34-20?,37-26+. The number of nitrogens with zero attached hydrogens (tertiary/aromatic N) is 1. The second-order valence-corrected chi connectivity index (χ2v) is 8.85. The van der Waals surface area contributed by atoms with Gasteiger partial charge < -0.3 is 16.0 Å². The van der Waals surface area contributed by atoms with Crippen LogP contribution in [0, 0.1) is 12.3 Å². The molecule has 3 N–H and O–H groups in total.